The second-order valence-corrected chi connectivity index (χ2v) is 7.20. The van der Waals surface area contributed by atoms with Crippen molar-refractivity contribution >= 4 is 22.6 Å². The van der Waals surface area contributed by atoms with Crippen molar-refractivity contribution in [1.29, 1.82) is 0 Å². The Bertz CT molecular complexity index is 1140. The summed E-state index contributed by atoms with van der Waals surface area (Å²) in [5.74, 6) is 1.61. The van der Waals surface area contributed by atoms with Gasteiger partial charge in [0.05, 0.1) is 17.4 Å². The molecule has 8 nitrogen and oxygen atoms in total. The number of hydrogen-bond donors (Lipinski definition) is 2. The molecule has 0 aromatic carbocycles. The minimum absolute atomic E-state index is 0.437. The number of pyridine rings is 1. The monoisotopic (exact) mass is 362 g/mol. The van der Waals surface area contributed by atoms with Crippen LogP contribution in [0.5, 0.6) is 0 Å². The van der Waals surface area contributed by atoms with Gasteiger partial charge in [-0.3, -0.25) is 0 Å². The number of nitrogens with one attached hydrogen (secondary N) is 2. The smallest absolute Gasteiger partial charge is 0.241 e. The molecule has 5 rings (SSSR count). The van der Waals surface area contributed by atoms with E-state index < -0.39 is 0 Å². The van der Waals surface area contributed by atoms with Crippen LogP contribution in [0, 0.1) is 6.92 Å². The van der Waals surface area contributed by atoms with Gasteiger partial charge in [-0.1, -0.05) is 0 Å². The molecule has 2 N–H and O–H groups in total. The lowest BCUT2D eigenvalue weighted by Gasteiger charge is -2.35. The van der Waals surface area contributed by atoms with E-state index in [1.54, 1.807) is 0 Å². The molecule has 0 unspecified atom stereocenters. The molecule has 4 aromatic heterocycles. The highest BCUT2D eigenvalue weighted by Crippen LogP contribution is 2.27. The fourth-order valence-corrected chi connectivity index (χ4v) is 3.66. The van der Waals surface area contributed by atoms with Crippen molar-refractivity contribution in [3.63, 3.8) is 0 Å². The number of anilines is 1. The number of nitrogens with zero attached hydrogens (tertiary/aromatic N) is 6. The minimum atomic E-state index is 0.437. The summed E-state index contributed by atoms with van der Waals surface area (Å²) in [7, 11) is 3.99. The van der Waals surface area contributed by atoms with Crippen molar-refractivity contribution in [3.8, 4) is 11.3 Å². The van der Waals surface area contributed by atoms with Gasteiger partial charge in [0.15, 0.2) is 5.65 Å². The van der Waals surface area contributed by atoms with E-state index in [9.17, 15) is 0 Å². The molecule has 0 bridgehead atoms. The molecular formula is C19H22N8. The molecule has 4 aromatic rings. The predicted octanol–water partition coefficient (Wildman–Crippen LogP) is 2.15. The van der Waals surface area contributed by atoms with Crippen molar-refractivity contribution < 1.29 is 0 Å². The minimum Gasteiger partial charge on any atom is -0.350 e. The Morgan fingerprint density at radius 1 is 1.11 bits per heavy atom. The van der Waals surface area contributed by atoms with E-state index in [0.29, 0.717) is 18.0 Å². The average molecular weight is 362 g/mol. The number of hydrogen-bond acceptors (Lipinski definition) is 6. The highest BCUT2D eigenvalue weighted by atomic mass is 15.3. The van der Waals surface area contributed by atoms with Crippen LogP contribution in [0.2, 0.25) is 0 Å². The molecular weight excluding hydrogens is 340 g/mol. The van der Waals surface area contributed by atoms with E-state index in [1.807, 2.05) is 60.7 Å². The van der Waals surface area contributed by atoms with Crippen molar-refractivity contribution in [2.24, 2.45) is 7.05 Å². The van der Waals surface area contributed by atoms with Gasteiger partial charge in [0.1, 0.15) is 11.3 Å². The third-order valence-corrected chi connectivity index (χ3v) is 5.51. The van der Waals surface area contributed by atoms with Gasteiger partial charge in [-0.25, -0.2) is 19.5 Å². The van der Waals surface area contributed by atoms with Crippen molar-refractivity contribution in [2.45, 2.75) is 31.8 Å². The lowest BCUT2D eigenvalue weighted by Crippen LogP contribution is -2.46. The van der Waals surface area contributed by atoms with E-state index in [0.717, 1.165) is 46.6 Å². The first-order valence-electron chi connectivity index (χ1n) is 9.21. The van der Waals surface area contributed by atoms with Crippen LogP contribution in [0.3, 0.4) is 0 Å². The van der Waals surface area contributed by atoms with Gasteiger partial charge < -0.3 is 15.2 Å². The van der Waals surface area contributed by atoms with Gasteiger partial charge in [0.2, 0.25) is 5.95 Å². The first kappa shape index (κ1) is 16.2. The third-order valence-electron chi connectivity index (χ3n) is 5.51. The summed E-state index contributed by atoms with van der Waals surface area (Å²) in [6.07, 6.45) is 6.01. The molecule has 27 heavy (non-hydrogen) atoms. The Morgan fingerprint density at radius 2 is 1.96 bits per heavy atom. The molecule has 1 aliphatic carbocycles. The van der Waals surface area contributed by atoms with Crippen LogP contribution in [-0.4, -0.2) is 48.3 Å². The largest absolute Gasteiger partial charge is 0.350 e. The number of fused-ring (bicyclic) bond motifs is 2. The molecule has 4 heterocycles. The molecule has 1 aliphatic rings. The number of aromatic nitrogens is 6. The Hall–Kier alpha value is -3.00. The Balaban J connectivity index is 1.47. The summed E-state index contributed by atoms with van der Waals surface area (Å²) in [6.45, 7) is 1.98. The molecule has 1 fully saturated rings. The fraction of sp³-hybridized carbons (Fsp3) is 0.368. The topological polar surface area (TPSA) is 85.0 Å². The van der Waals surface area contributed by atoms with Crippen molar-refractivity contribution in [3.05, 3.63) is 36.4 Å². The lowest BCUT2D eigenvalue weighted by molar-refractivity contribution is 0.325. The van der Waals surface area contributed by atoms with Gasteiger partial charge in [-0.05, 0) is 45.0 Å². The van der Waals surface area contributed by atoms with Crippen molar-refractivity contribution in [2.75, 3.05) is 12.4 Å². The van der Waals surface area contributed by atoms with Gasteiger partial charge in [-0.2, -0.15) is 0 Å². The summed E-state index contributed by atoms with van der Waals surface area (Å²) in [5.41, 5.74) is 4.64. The van der Waals surface area contributed by atoms with Gasteiger partial charge in [-0.15, -0.1) is 5.10 Å². The van der Waals surface area contributed by atoms with E-state index in [2.05, 4.69) is 25.7 Å². The van der Waals surface area contributed by atoms with Crippen LogP contribution in [0.1, 0.15) is 18.7 Å². The molecule has 1 saturated carbocycles. The second kappa shape index (κ2) is 6.02. The van der Waals surface area contributed by atoms with Crippen LogP contribution < -0.4 is 10.6 Å². The molecule has 138 valence electrons. The zero-order valence-electron chi connectivity index (χ0n) is 15.6. The maximum Gasteiger partial charge on any atom is 0.241 e. The Labute approximate surface area is 156 Å². The third kappa shape index (κ3) is 2.64. The number of imidazole rings is 1. The van der Waals surface area contributed by atoms with Crippen LogP contribution in [0.4, 0.5) is 5.95 Å². The standard InChI is InChI=1S/C19H22N8/c1-11-22-16-5-4-15(24-18(16)26(11)3)14-6-7-27-17(14)10-21-19(25-27)23-13-8-12(9-13)20-2/h4-7,10,12-13,20H,8-9H2,1-3H3,(H,23,25)/t12-,13+. The van der Waals surface area contributed by atoms with Crippen LogP contribution >= 0.6 is 0 Å². The van der Waals surface area contributed by atoms with Crippen molar-refractivity contribution in [1.82, 2.24) is 34.4 Å². The molecule has 0 atom stereocenters. The zero-order chi connectivity index (χ0) is 18.5. The highest BCUT2D eigenvalue weighted by molar-refractivity contribution is 5.82. The van der Waals surface area contributed by atoms with Gasteiger partial charge >= 0.3 is 0 Å². The zero-order valence-corrected chi connectivity index (χ0v) is 15.6. The SMILES string of the molecule is CN[C@H]1C[C@@H](Nc2ncc3c(-c4ccc5nc(C)n(C)c5n4)ccn3n2)C1. The van der Waals surface area contributed by atoms with E-state index in [1.165, 1.54) is 0 Å². The van der Waals surface area contributed by atoms with Crippen LogP contribution in [0.15, 0.2) is 30.6 Å². The quantitative estimate of drug-likeness (QED) is 0.579. The van der Waals surface area contributed by atoms with E-state index >= 15 is 0 Å². The maximum atomic E-state index is 4.81. The molecule has 0 amide bonds. The molecule has 0 spiro atoms. The molecule has 8 heteroatoms. The normalized spacial score (nSPS) is 19.5. The number of aryl methyl sites for hydroxylation is 2. The van der Waals surface area contributed by atoms with Crippen LogP contribution in [-0.2, 0) is 7.05 Å². The van der Waals surface area contributed by atoms with E-state index in [-0.39, 0.29) is 0 Å². The average Bonchev–Trinajstić information content (AvgIpc) is 3.18. The summed E-state index contributed by atoms with van der Waals surface area (Å²) < 4.78 is 3.87. The Kier molecular flexibility index (Phi) is 3.61. The number of rotatable bonds is 4. The van der Waals surface area contributed by atoms with Gasteiger partial charge in [0, 0.05) is 30.9 Å². The summed E-state index contributed by atoms with van der Waals surface area (Å²) >= 11 is 0. The maximum absolute atomic E-state index is 4.81. The first-order valence-corrected chi connectivity index (χ1v) is 9.21. The Morgan fingerprint density at radius 3 is 2.78 bits per heavy atom. The molecule has 0 saturated heterocycles. The van der Waals surface area contributed by atoms with E-state index in [4.69, 9.17) is 4.98 Å². The van der Waals surface area contributed by atoms with Gasteiger partial charge in [0.25, 0.3) is 0 Å². The first-order chi connectivity index (χ1) is 13.1. The summed E-state index contributed by atoms with van der Waals surface area (Å²) in [6, 6.07) is 7.08. The fourth-order valence-electron chi connectivity index (χ4n) is 3.66. The summed E-state index contributed by atoms with van der Waals surface area (Å²) in [5, 5.41) is 11.3. The summed E-state index contributed by atoms with van der Waals surface area (Å²) in [4.78, 5) is 13.8. The predicted molar refractivity (Wildman–Crippen MR) is 105 cm³/mol. The molecule has 0 radical (unpaired) electrons. The second-order valence-electron chi connectivity index (χ2n) is 7.20. The lowest BCUT2D eigenvalue weighted by atomic mass is 9.87. The molecule has 0 aliphatic heterocycles. The van der Waals surface area contributed by atoms with Crippen LogP contribution in [0.25, 0.3) is 27.9 Å². The highest BCUT2D eigenvalue weighted by Gasteiger charge is 2.28.